The Morgan fingerprint density at radius 1 is 1.33 bits per heavy atom. The summed E-state index contributed by atoms with van der Waals surface area (Å²) < 4.78 is 11.0. The molecule has 0 atom stereocenters. The molecule has 0 saturated carbocycles. The second-order valence-electron chi connectivity index (χ2n) is 2.59. The van der Waals surface area contributed by atoms with Gasteiger partial charge in [-0.15, -0.1) is 0 Å². The van der Waals surface area contributed by atoms with Crippen LogP contribution in [0.3, 0.4) is 0 Å². The molecule has 0 rings (SSSR count). The number of amides is 1. The average Bonchev–Trinajstić information content (AvgIpc) is 1.85. The Morgan fingerprint density at radius 2 is 1.83 bits per heavy atom. The zero-order valence-electron chi connectivity index (χ0n) is 7.04. The van der Waals surface area contributed by atoms with E-state index in [0.29, 0.717) is 11.2 Å². The van der Waals surface area contributed by atoms with E-state index < -0.39 is 7.75 Å². The van der Waals surface area contributed by atoms with E-state index >= 15 is 0 Å². The SMILES string of the molecule is CN(C)CCN(C=O)P(=O)(O)O. The number of rotatable bonds is 5. The molecule has 7 heteroatoms. The first-order valence-corrected chi connectivity index (χ1v) is 4.87. The normalized spacial score (nSPS) is 11.8. The van der Waals surface area contributed by atoms with Gasteiger partial charge in [-0.1, -0.05) is 0 Å². The predicted octanol–water partition coefficient (Wildman–Crippen LogP) is -0.901. The number of carbonyl (C=O) groups is 1. The highest BCUT2D eigenvalue weighted by Gasteiger charge is 2.22. The molecule has 0 saturated heterocycles. The highest BCUT2D eigenvalue weighted by Crippen LogP contribution is 2.37. The number of likely N-dealkylation sites (N-methyl/N-ethyl adjacent to an activating group) is 1. The Bertz CT molecular complexity index is 190. The molecule has 0 aromatic carbocycles. The van der Waals surface area contributed by atoms with E-state index in [1.165, 1.54) is 0 Å². The lowest BCUT2D eigenvalue weighted by Crippen LogP contribution is -2.28. The lowest BCUT2D eigenvalue weighted by Gasteiger charge is -2.19. The van der Waals surface area contributed by atoms with E-state index in [1.54, 1.807) is 19.0 Å². The first-order chi connectivity index (χ1) is 5.38. The van der Waals surface area contributed by atoms with Crippen molar-refractivity contribution in [3.8, 4) is 0 Å². The minimum Gasteiger partial charge on any atom is -0.308 e. The number of hydrogen-bond acceptors (Lipinski definition) is 3. The van der Waals surface area contributed by atoms with Crippen molar-refractivity contribution in [1.29, 1.82) is 0 Å². The van der Waals surface area contributed by atoms with Gasteiger partial charge < -0.3 is 14.7 Å². The molecule has 0 aliphatic rings. The molecule has 2 N–H and O–H groups in total. The number of carbonyl (C=O) groups excluding carboxylic acids is 1. The van der Waals surface area contributed by atoms with Crippen LogP contribution in [-0.2, 0) is 9.36 Å². The van der Waals surface area contributed by atoms with Gasteiger partial charge in [0, 0.05) is 13.1 Å². The standard InChI is InChI=1S/C5H13N2O4P/c1-6(2)3-4-7(5-8)12(9,10)11/h5H,3-4H2,1-2H3,(H2,9,10,11). The molecule has 12 heavy (non-hydrogen) atoms. The van der Waals surface area contributed by atoms with Crippen LogP contribution in [0.2, 0.25) is 0 Å². The Labute approximate surface area is 71.0 Å². The molecule has 0 aromatic rings. The fourth-order valence-electron chi connectivity index (χ4n) is 0.547. The Balaban J connectivity index is 4.02. The third-order valence-electron chi connectivity index (χ3n) is 1.23. The van der Waals surface area contributed by atoms with E-state index in [4.69, 9.17) is 9.79 Å². The van der Waals surface area contributed by atoms with Crippen molar-refractivity contribution in [2.75, 3.05) is 27.2 Å². The Kier molecular flexibility index (Phi) is 4.41. The van der Waals surface area contributed by atoms with Crippen molar-refractivity contribution in [3.63, 3.8) is 0 Å². The summed E-state index contributed by atoms with van der Waals surface area (Å²) in [6, 6.07) is 0. The Hall–Kier alpha value is -0.420. The molecule has 0 spiro atoms. The zero-order valence-corrected chi connectivity index (χ0v) is 7.94. The van der Waals surface area contributed by atoms with Gasteiger partial charge in [0.25, 0.3) is 0 Å². The van der Waals surface area contributed by atoms with Gasteiger partial charge in [-0.25, -0.2) is 4.57 Å². The lowest BCUT2D eigenvalue weighted by atomic mass is 10.6. The molecule has 0 fully saturated rings. The summed E-state index contributed by atoms with van der Waals surface area (Å²) >= 11 is 0. The largest absolute Gasteiger partial charge is 0.432 e. The van der Waals surface area contributed by atoms with Crippen molar-refractivity contribution in [2.24, 2.45) is 0 Å². The van der Waals surface area contributed by atoms with Crippen LogP contribution in [0.1, 0.15) is 0 Å². The van der Waals surface area contributed by atoms with Gasteiger partial charge in [-0.05, 0) is 14.1 Å². The minimum absolute atomic E-state index is 0.0285. The van der Waals surface area contributed by atoms with Gasteiger partial charge in [-0.2, -0.15) is 0 Å². The summed E-state index contributed by atoms with van der Waals surface area (Å²) in [5.74, 6) is 0. The van der Waals surface area contributed by atoms with Crippen LogP contribution in [-0.4, -0.2) is 53.0 Å². The number of hydrogen-bond donors (Lipinski definition) is 2. The summed E-state index contributed by atoms with van der Waals surface area (Å²) in [5.41, 5.74) is 0. The second kappa shape index (κ2) is 4.57. The highest BCUT2D eigenvalue weighted by atomic mass is 31.2. The van der Waals surface area contributed by atoms with Crippen LogP contribution in [0.15, 0.2) is 0 Å². The van der Waals surface area contributed by atoms with Crippen LogP contribution >= 0.6 is 7.75 Å². The third-order valence-corrected chi connectivity index (χ3v) is 2.20. The monoisotopic (exact) mass is 196 g/mol. The lowest BCUT2D eigenvalue weighted by molar-refractivity contribution is -0.115. The maximum atomic E-state index is 10.5. The molecule has 0 unspecified atom stereocenters. The third kappa shape index (κ3) is 4.46. The molecular weight excluding hydrogens is 183 g/mol. The van der Waals surface area contributed by atoms with Crippen LogP contribution in [0.25, 0.3) is 0 Å². The topological polar surface area (TPSA) is 81.1 Å². The average molecular weight is 196 g/mol. The molecule has 0 aromatic heterocycles. The fourth-order valence-corrected chi connectivity index (χ4v) is 1.02. The molecule has 72 valence electrons. The van der Waals surface area contributed by atoms with Crippen molar-refractivity contribution < 1.29 is 19.1 Å². The van der Waals surface area contributed by atoms with E-state index in [-0.39, 0.29) is 13.0 Å². The molecule has 1 amide bonds. The molecule has 0 heterocycles. The smallest absolute Gasteiger partial charge is 0.308 e. The minimum atomic E-state index is -4.39. The van der Waals surface area contributed by atoms with Crippen molar-refractivity contribution in [1.82, 2.24) is 9.57 Å². The summed E-state index contributed by atoms with van der Waals surface area (Å²) in [6.07, 6.45) is 0.157. The maximum absolute atomic E-state index is 10.5. The summed E-state index contributed by atoms with van der Waals surface area (Å²) in [6.45, 7) is 0.449. The summed E-state index contributed by atoms with van der Waals surface area (Å²) in [5, 5.41) is 0. The predicted molar refractivity (Wildman–Crippen MR) is 43.4 cm³/mol. The summed E-state index contributed by atoms with van der Waals surface area (Å²) in [4.78, 5) is 29.1. The van der Waals surface area contributed by atoms with Crippen LogP contribution in [0.5, 0.6) is 0 Å². The molecule has 0 radical (unpaired) electrons. The molecule has 0 aliphatic heterocycles. The van der Waals surface area contributed by atoms with Gasteiger partial charge in [-0.3, -0.25) is 9.46 Å². The first kappa shape index (κ1) is 11.6. The van der Waals surface area contributed by atoms with Crippen molar-refractivity contribution in [2.45, 2.75) is 0 Å². The van der Waals surface area contributed by atoms with Gasteiger partial charge >= 0.3 is 7.75 Å². The van der Waals surface area contributed by atoms with E-state index in [2.05, 4.69) is 0 Å². The molecular formula is C5H13N2O4P. The van der Waals surface area contributed by atoms with Crippen LogP contribution in [0.4, 0.5) is 0 Å². The quantitative estimate of drug-likeness (QED) is 0.440. The molecule has 0 bridgehead atoms. The van der Waals surface area contributed by atoms with Gasteiger partial charge in [0.05, 0.1) is 0 Å². The maximum Gasteiger partial charge on any atom is 0.432 e. The van der Waals surface area contributed by atoms with E-state index in [0.717, 1.165) is 0 Å². The van der Waals surface area contributed by atoms with Gasteiger partial charge in [0.15, 0.2) is 0 Å². The molecule has 6 nitrogen and oxygen atoms in total. The van der Waals surface area contributed by atoms with Crippen LogP contribution < -0.4 is 0 Å². The van der Waals surface area contributed by atoms with E-state index in [9.17, 15) is 9.36 Å². The van der Waals surface area contributed by atoms with Gasteiger partial charge in [0.2, 0.25) is 6.41 Å². The Morgan fingerprint density at radius 3 is 2.08 bits per heavy atom. The number of nitrogens with zero attached hydrogens (tertiary/aromatic N) is 2. The molecule has 0 aliphatic carbocycles. The fraction of sp³-hybridized carbons (Fsp3) is 0.800. The zero-order chi connectivity index (χ0) is 9.78. The van der Waals surface area contributed by atoms with Crippen molar-refractivity contribution >= 4 is 14.2 Å². The van der Waals surface area contributed by atoms with Gasteiger partial charge in [0.1, 0.15) is 0 Å². The van der Waals surface area contributed by atoms with Crippen molar-refractivity contribution in [3.05, 3.63) is 0 Å². The van der Waals surface area contributed by atoms with Crippen LogP contribution in [0, 0.1) is 0 Å². The van der Waals surface area contributed by atoms with E-state index in [1.807, 2.05) is 0 Å². The summed E-state index contributed by atoms with van der Waals surface area (Å²) in [7, 11) is -0.888. The first-order valence-electron chi connectivity index (χ1n) is 3.30. The highest BCUT2D eigenvalue weighted by molar-refractivity contribution is 7.49. The second-order valence-corrected chi connectivity index (χ2v) is 4.13.